The number of allylic oxidation sites excluding steroid dienone is 1. The first-order valence-corrected chi connectivity index (χ1v) is 9.62. The first-order valence-electron chi connectivity index (χ1n) is 9.62. The van der Waals surface area contributed by atoms with Crippen molar-refractivity contribution >= 4 is 6.08 Å². The Morgan fingerprint density at radius 3 is 2.17 bits per heavy atom. The van der Waals surface area contributed by atoms with E-state index >= 15 is 0 Å². The molecule has 2 saturated heterocycles. The largest absolute Gasteiger partial charge is 0.314 e. The van der Waals surface area contributed by atoms with Gasteiger partial charge in [-0.2, -0.15) is 0 Å². The van der Waals surface area contributed by atoms with Crippen molar-refractivity contribution in [3.05, 3.63) is 41.0 Å². The van der Waals surface area contributed by atoms with Crippen LogP contribution < -0.4 is 5.32 Å². The SMILES string of the molecule is Cc1cccc(C)c1/C=C/C1CCN(CCN2CCNCC2)CC1. The quantitative estimate of drug-likeness (QED) is 0.897. The summed E-state index contributed by atoms with van der Waals surface area (Å²) in [7, 11) is 0. The van der Waals surface area contributed by atoms with Gasteiger partial charge in [0.05, 0.1) is 0 Å². The van der Waals surface area contributed by atoms with E-state index in [2.05, 4.69) is 59.3 Å². The minimum absolute atomic E-state index is 0.749. The zero-order valence-electron chi connectivity index (χ0n) is 15.4. The van der Waals surface area contributed by atoms with Gasteiger partial charge in [-0.05, 0) is 62.4 Å². The molecule has 0 amide bonds. The highest BCUT2D eigenvalue weighted by Gasteiger charge is 2.18. The molecule has 0 spiro atoms. The van der Waals surface area contributed by atoms with Crippen molar-refractivity contribution in [1.82, 2.24) is 15.1 Å². The van der Waals surface area contributed by atoms with Crippen LogP contribution in [0.1, 0.15) is 29.5 Å². The Morgan fingerprint density at radius 1 is 0.958 bits per heavy atom. The summed E-state index contributed by atoms with van der Waals surface area (Å²) >= 11 is 0. The number of rotatable bonds is 5. The lowest BCUT2D eigenvalue weighted by molar-refractivity contribution is 0.159. The van der Waals surface area contributed by atoms with Gasteiger partial charge in [0.15, 0.2) is 0 Å². The van der Waals surface area contributed by atoms with Crippen LogP contribution in [0.5, 0.6) is 0 Å². The fraction of sp³-hybridized carbons (Fsp3) is 0.619. The van der Waals surface area contributed by atoms with E-state index in [1.165, 1.54) is 68.8 Å². The summed E-state index contributed by atoms with van der Waals surface area (Å²) in [6.45, 7) is 14.2. The lowest BCUT2D eigenvalue weighted by atomic mass is 9.94. The molecule has 0 saturated carbocycles. The Labute approximate surface area is 147 Å². The lowest BCUT2D eigenvalue weighted by Gasteiger charge is -2.34. The minimum atomic E-state index is 0.749. The van der Waals surface area contributed by atoms with Crippen LogP contribution in [-0.2, 0) is 0 Å². The molecule has 0 radical (unpaired) electrons. The zero-order chi connectivity index (χ0) is 16.8. The summed E-state index contributed by atoms with van der Waals surface area (Å²) in [5.41, 5.74) is 4.19. The predicted octanol–water partition coefficient (Wildman–Crippen LogP) is 2.93. The van der Waals surface area contributed by atoms with Crippen LogP contribution in [0.15, 0.2) is 24.3 Å². The van der Waals surface area contributed by atoms with Gasteiger partial charge in [0.1, 0.15) is 0 Å². The molecule has 2 aliphatic rings. The summed E-state index contributed by atoms with van der Waals surface area (Å²) in [5, 5.41) is 3.43. The zero-order valence-corrected chi connectivity index (χ0v) is 15.4. The molecule has 3 rings (SSSR count). The van der Waals surface area contributed by atoms with E-state index in [0.29, 0.717) is 0 Å². The number of piperidine rings is 1. The highest BCUT2D eigenvalue weighted by atomic mass is 15.2. The Kier molecular flexibility index (Phi) is 6.47. The number of hydrogen-bond acceptors (Lipinski definition) is 3. The van der Waals surface area contributed by atoms with Gasteiger partial charge in [-0.25, -0.2) is 0 Å². The molecule has 0 aliphatic carbocycles. The monoisotopic (exact) mass is 327 g/mol. The molecule has 2 heterocycles. The van der Waals surface area contributed by atoms with Crippen molar-refractivity contribution in [2.45, 2.75) is 26.7 Å². The van der Waals surface area contributed by atoms with Gasteiger partial charge in [0.25, 0.3) is 0 Å². The van der Waals surface area contributed by atoms with Crippen LogP contribution in [0.25, 0.3) is 6.08 Å². The highest BCUT2D eigenvalue weighted by molar-refractivity contribution is 5.57. The van der Waals surface area contributed by atoms with Crippen molar-refractivity contribution < 1.29 is 0 Å². The van der Waals surface area contributed by atoms with E-state index < -0.39 is 0 Å². The molecule has 0 aromatic heterocycles. The summed E-state index contributed by atoms with van der Waals surface area (Å²) in [4.78, 5) is 5.26. The molecule has 24 heavy (non-hydrogen) atoms. The third-order valence-corrected chi connectivity index (χ3v) is 5.65. The molecule has 2 fully saturated rings. The molecule has 0 unspecified atom stereocenters. The van der Waals surface area contributed by atoms with Gasteiger partial charge in [-0.1, -0.05) is 30.4 Å². The molecule has 1 aromatic carbocycles. The summed E-state index contributed by atoms with van der Waals surface area (Å²) in [6.07, 6.45) is 7.45. The van der Waals surface area contributed by atoms with Gasteiger partial charge in [-0.3, -0.25) is 4.90 Å². The second-order valence-electron chi connectivity index (χ2n) is 7.44. The molecular weight excluding hydrogens is 294 g/mol. The second-order valence-corrected chi connectivity index (χ2v) is 7.44. The molecule has 3 nitrogen and oxygen atoms in total. The van der Waals surface area contributed by atoms with Crippen molar-refractivity contribution in [3.63, 3.8) is 0 Å². The second kappa shape index (κ2) is 8.80. The molecule has 2 aliphatic heterocycles. The maximum atomic E-state index is 3.43. The fourth-order valence-corrected chi connectivity index (χ4v) is 3.91. The first-order chi connectivity index (χ1) is 11.7. The first kappa shape index (κ1) is 17.7. The van der Waals surface area contributed by atoms with Gasteiger partial charge in [-0.15, -0.1) is 0 Å². The third-order valence-electron chi connectivity index (χ3n) is 5.65. The van der Waals surface area contributed by atoms with Gasteiger partial charge >= 0.3 is 0 Å². The highest BCUT2D eigenvalue weighted by Crippen LogP contribution is 2.22. The number of piperazine rings is 1. The van der Waals surface area contributed by atoms with E-state index in [4.69, 9.17) is 0 Å². The molecule has 0 bridgehead atoms. The normalized spacial score (nSPS) is 21.6. The van der Waals surface area contributed by atoms with E-state index in [1.54, 1.807) is 0 Å². The topological polar surface area (TPSA) is 18.5 Å². The Hall–Kier alpha value is -1.16. The number of hydrogen-bond donors (Lipinski definition) is 1. The summed E-state index contributed by atoms with van der Waals surface area (Å²) in [5.74, 6) is 0.749. The van der Waals surface area contributed by atoms with Crippen molar-refractivity contribution in [1.29, 1.82) is 0 Å². The third kappa shape index (κ3) is 4.92. The van der Waals surface area contributed by atoms with E-state index in [0.717, 1.165) is 19.0 Å². The molecule has 1 N–H and O–H groups in total. The van der Waals surface area contributed by atoms with Gasteiger partial charge < -0.3 is 10.2 Å². The fourth-order valence-electron chi connectivity index (χ4n) is 3.91. The van der Waals surface area contributed by atoms with Crippen LogP contribution in [0.4, 0.5) is 0 Å². The number of nitrogens with zero attached hydrogens (tertiary/aromatic N) is 2. The van der Waals surface area contributed by atoms with E-state index in [-0.39, 0.29) is 0 Å². The van der Waals surface area contributed by atoms with E-state index in [1.807, 2.05) is 0 Å². The Balaban J connectivity index is 1.42. The Bertz CT molecular complexity index is 518. The summed E-state index contributed by atoms with van der Waals surface area (Å²) < 4.78 is 0. The van der Waals surface area contributed by atoms with Crippen LogP contribution >= 0.6 is 0 Å². The van der Waals surface area contributed by atoms with Gasteiger partial charge in [0.2, 0.25) is 0 Å². The average molecular weight is 328 g/mol. The number of benzene rings is 1. The summed E-state index contributed by atoms with van der Waals surface area (Å²) in [6, 6.07) is 6.58. The van der Waals surface area contributed by atoms with Crippen LogP contribution in [-0.4, -0.2) is 62.2 Å². The maximum absolute atomic E-state index is 3.43. The smallest absolute Gasteiger partial charge is 0.0110 e. The molecule has 1 aromatic rings. The van der Waals surface area contributed by atoms with Crippen molar-refractivity contribution in [2.75, 3.05) is 52.4 Å². The van der Waals surface area contributed by atoms with Crippen LogP contribution in [0, 0.1) is 19.8 Å². The predicted molar refractivity (Wildman–Crippen MR) is 103 cm³/mol. The Morgan fingerprint density at radius 2 is 1.54 bits per heavy atom. The van der Waals surface area contributed by atoms with Gasteiger partial charge in [0, 0.05) is 39.3 Å². The molecule has 132 valence electrons. The van der Waals surface area contributed by atoms with Crippen LogP contribution in [0.3, 0.4) is 0 Å². The van der Waals surface area contributed by atoms with Crippen molar-refractivity contribution in [2.24, 2.45) is 5.92 Å². The molecule has 3 heteroatoms. The minimum Gasteiger partial charge on any atom is -0.314 e. The average Bonchev–Trinajstić information content (AvgIpc) is 2.61. The van der Waals surface area contributed by atoms with Crippen molar-refractivity contribution in [3.8, 4) is 0 Å². The number of likely N-dealkylation sites (tertiary alicyclic amines) is 1. The van der Waals surface area contributed by atoms with E-state index in [9.17, 15) is 0 Å². The molecule has 0 atom stereocenters. The standard InChI is InChI=1S/C21H33N3/c1-18-4-3-5-19(2)21(18)7-6-20-8-12-23(13-9-20)16-17-24-14-10-22-11-15-24/h3-7,20,22H,8-17H2,1-2H3/b7-6+. The lowest BCUT2D eigenvalue weighted by Crippen LogP contribution is -2.47. The number of aryl methyl sites for hydroxylation is 2. The number of nitrogens with one attached hydrogen (secondary N) is 1. The maximum Gasteiger partial charge on any atom is 0.0110 e. The molecular formula is C21H33N3. The van der Waals surface area contributed by atoms with Crippen LogP contribution in [0.2, 0.25) is 0 Å².